The van der Waals surface area contributed by atoms with Crippen molar-refractivity contribution in [2.24, 2.45) is 5.92 Å². The highest BCUT2D eigenvalue weighted by molar-refractivity contribution is 5.77. The third kappa shape index (κ3) is 2.24. The number of fused-ring (bicyclic) bond motifs is 2. The van der Waals surface area contributed by atoms with E-state index in [1.54, 1.807) is 24.9 Å². The molecule has 1 aromatic carbocycles. The van der Waals surface area contributed by atoms with Crippen molar-refractivity contribution in [3.8, 4) is 0 Å². The van der Waals surface area contributed by atoms with Gasteiger partial charge >= 0.3 is 0 Å². The molecule has 1 unspecified atom stereocenters. The Morgan fingerprint density at radius 3 is 2.55 bits per heavy atom. The highest BCUT2D eigenvalue weighted by Crippen LogP contribution is 2.32. The van der Waals surface area contributed by atoms with Crippen molar-refractivity contribution >= 4 is 10.9 Å². The zero-order valence-electron chi connectivity index (χ0n) is 13.2. The molecule has 2 atom stereocenters. The van der Waals surface area contributed by atoms with Crippen LogP contribution in [-0.4, -0.2) is 30.1 Å². The number of ether oxygens (including phenoxy) is 2. The zero-order valence-corrected chi connectivity index (χ0v) is 13.2. The molecule has 22 heavy (non-hydrogen) atoms. The largest absolute Gasteiger partial charge is 0.353 e. The lowest BCUT2D eigenvalue weighted by Gasteiger charge is -2.23. The molecule has 0 aliphatic carbocycles. The van der Waals surface area contributed by atoms with Gasteiger partial charge in [-0.15, -0.1) is 0 Å². The summed E-state index contributed by atoms with van der Waals surface area (Å²) in [5.41, 5.74) is 0.651. The first-order chi connectivity index (χ1) is 10.6. The molecule has 0 saturated heterocycles. The Morgan fingerprint density at radius 2 is 1.91 bits per heavy atom. The predicted molar refractivity (Wildman–Crippen MR) is 83.6 cm³/mol. The van der Waals surface area contributed by atoms with Gasteiger partial charge in [0.25, 0.3) is 5.56 Å². The minimum atomic E-state index is -0.553. The van der Waals surface area contributed by atoms with Gasteiger partial charge in [0.05, 0.1) is 16.9 Å². The van der Waals surface area contributed by atoms with Crippen molar-refractivity contribution in [1.29, 1.82) is 0 Å². The maximum Gasteiger partial charge on any atom is 0.262 e. The standard InChI is InChI=1S/C16H21N3O3/c1-9(2)12-13-17-11-8-6-5-7-10(11)15(20)19(13)14(18-12)16(21-3)22-4/h5-9,12,14,16,18H,1-4H3/t12-,14?/m1/s1. The number of nitrogens with one attached hydrogen (secondary N) is 1. The minimum absolute atomic E-state index is 0.0184. The van der Waals surface area contributed by atoms with E-state index in [1.807, 2.05) is 18.2 Å². The summed E-state index contributed by atoms with van der Waals surface area (Å²) < 4.78 is 12.4. The monoisotopic (exact) mass is 303 g/mol. The van der Waals surface area contributed by atoms with E-state index in [-0.39, 0.29) is 17.8 Å². The van der Waals surface area contributed by atoms with E-state index in [1.165, 1.54) is 0 Å². The lowest BCUT2D eigenvalue weighted by atomic mass is 10.0. The topological polar surface area (TPSA) is 65.4 Å². The molecule has 1 aromatic heterocycles. The van der Waals surface area contributed by atoms with E-state index < -0.39 is 6.29 Å². The molecule has 0 saturated carbocycles. The van der Waals surface area contributed by atoms with Crippen LogP contribution in [0.5, 0.6) is 0 Å². The van der Waals surface area contributed by atoms with Crippen LogP contribution in [-0.2, 0) is 9.47 Å². The summed E-state index contributed by atoms with van der Waals surface area (Å²) in [6.07, 6.45) is -0.940. The van der Waals surface area contributed by atoms with Gasteiger partial charge in [-0.2, -0.15) is 0 Å². The van der Waals surface area contributed by atoms with Gasteiger partial charge in [0, 0.05) is 14.2 Å². The molecule has 1 N–H and O–H groups in total. The second-order valence-electron chi connectivity index (χ2n) is 5.84. The first-order valence-corrected chi connectivity index (χ1v) is 7.41. The Hall–Kier alpha value is -1.76. The Labute approximate surface area is 129 Å². The summed E-state index contributed by atoms with van der Waals surface area (Å²) in [6, 6.07) is 7.39. The number of para-hydroxylation sites is 1. The van der Waals surface area contributed by atoms with Crippen LogP contribution in [0, 0.1) is 5.92 Å². The molecule has 1 aliphatic heterocycles. The van der Waals surface area contributed by atoms with Crippen LogP contribution >= 0.6 is 0 Å². The molecule has 3 rings (SSSR count). The van der Waals surface area contributed by atoms with Crippen molar-refractivity contribution in [3.05, 3.63) is 40.4 Å². The molecule has 118 valence electrons. The lowest BCUT2D eigenvalue weighted by molar-refractivity contribution is -0.137. The van der Waals surface area contributed by atoms with Gasteiger partial charge in [0.2, 0.25) is 0 Å². The summed E-state index contributed by atoms with van der Waals surface area (Å²) in [6.45, 7) is 4.20. The first-order valence-electron chi connectivity index (χ1n) is 7.41. The molecule has 1 aliphatic rings. The molecule has 0 fully saturated rings. The number of aromatic nitrogens is 2. The Kier molecular flexibility index (Phi) is 3.99. The molecule has 6 heteroatoms. The van der Waals surface area contributed by atoms with Gasteiger partial charge in [0.15, 0.2) is 6.29 Å². The van der Waals surface area contributed by atoms with Crippen molar-refractivity contribution < 1.29 is 9.47 Å². The Balaban J connectivity index is 2.25. The number of methoxy groups -OCH3 is 2. The van der Waals surface area contributed by atoms with E-state index in [9.17, 15) is 4.79 Å². The summed E-state index contributed by atoms with van der Waals surface area (Å²) >= 11 is 0. The second-order valence-corrected chi connectivity index (χ2v) is 5.84. The molecular formula is C16H21N3O3. The van der Waals surface area contributed by atoms with Crippen LogP contribution in [0.15, 0.2) is 29.1 Å². The third-order valence-electron chi connectivity index (χ3n) is 4.13. The molecular weight excluding hydrogens is 282 g/mol. The SMILES string of the molecule is COC(OC)C1N[C@H](C(C)C)c2nc3ccccc3c(=O)n21. The van der Waals surface area contributed by atoms with Gasteiger partial charge in [-0.3, -0.25) is 14.7 Å². The van der Waals surface area contributed by atoms with Crippen molar-refractivity contribution in [1.82, 2.24) is 14.9 Å². The molecule has 6 nitrogen and oxygen atoms in total. The second kappa shape index (κ2) is 5.79. The fourth-order valence-corrected chi connectivity index (χ4v) is 3.03. The van der Waals surface area contributed by atoms with Crippen LogP contribution in [0.3, 0.4) is 0 Å². The van der Waals surface area contributed by atoms with E-state index >= 15 is 0 Å². The van der Waals surface area contributed by atoms with Gasteiger partial charge in [-0.25, -0.2) is 4.98 Å². The van der Waals surface area contributed by atoms with E-state index in [0.29, 0.717) is 11.3 Å². The summed E-state index contributed by atoms with van der Waals surface area (Å²) in [7, 11) is 3.13. The molecule has 0 radical (unpaired) electrons. The smallest absolute Gasteiger partial charge is 0.262 e. The molecule has 0 bridgehead atoms. The van der Waals surface area contributed by atoms with E-state index in [4.69, 9.17) is 14.5 Å². The highest BCUT2D eigenvalue weighted by atomic mass is 16.7. The number of nitrogens with zero attached hydrogens (tertiary/aromatic N) is 2. The maximum absolute atomic E-state index is 12.9. The quantitative estimate of drug-likeness (QED) is 0.873. The van der Waals surface area contributed by atoms with E-state index in [2.05, 4.69) is 19.2 Å². The number of hydrogen-bond acceptors (Lipinski definition) is 5. The first kappa shape index (κ1) is 15.1. The van der Waals surface area contributed by atoms with E-state index in [0.717, 1.165) is 11.3 Å². The zero-order chi connectivity index (χ0) is 15.9. The minimum Gasteiger partial charge on any atom is -0.353 e. The summed E-state index contributed by atoms with van der Waals surface area (Å²) in [5, 5.41) is 4.03. The molecule has 2 heterocycles. The highest BCUT2D eigenvalue weighted by Gasteiger charge is 2.39. The molecule has 0 spiro atoms. The Bertz CT molecular complexity index is 737. The molecule has 2 aromatic rings. The van der Waals surface area contributed by atoms with Crippen molar-refractivity contribution in [3.63, 3.8) is 0 Å². The van der Waals surface area contributed by atoms with Crippen molar-refractivity contribution in [2.45, 2.75) is 32.3 Å². The maximum atomic E-state index is 12.9. The number of rotatable bonds is 4. The summed E-state index contributed by atoms with van der Waals surface area (Å²) in [4.78, 5) is 17.6. The predicted octanol–water partition coefficient (Wildman–Crippen LogP) is 1.81. The van der Waals surface area contributed by atoms with Crippen LogP contribution in [0.25, 0.3) is 10.9 Å². The summed E-state index contributed by atoms with van der Waals surface area (Å²) in [5.74, 6) is 1.03. The number of hydrogen-bond donors (Lipinski definition) is 1. The van der Waals surface area contributed by atoms with Crippen LogP contribution < -0.4 is 10.9 Å². The average molecular weight is 303 g/mol. The normalized spacial score (nSPS) is 21.0. The van der Waals surface area contributed by atoms with Gasteiger partial charge in [-0.05, 0) is 18.1 Å². The Morgan fingerprint density at radius 1 is 1.23 bits per heavy atom. The van der Waals surface area contributed by atoms with Gasteiger partial charge in [-0.1, -0.05) is 26.0 Å². The van der Waals surface area contributed by atoms with Crippen LogP contribution in [0.4, 0.5) is 0 Å². The average Bonchev–Trinajstić information content (AvgIpc) is 2.89. The lowest BCUT2D eigenvalue weighted by Crippen LogP contribution is -2.38. The fourth-order valence-electron chi connectivity index (χ4n) is 3.03. The molecule has 0 amide bonds. The van der Waals surface area contributed by atoms with Crippen LogP contribution in [0.1, 0.15) is 31.9 Å². The fraction of sp³-hybridized carbons (Fsp3) is 0.500. The van der Waals surface area contributed by atoms with Gasteiger partial charge in [0.1, 0.15) is 12.0 Å². The van der Waals surface area contributed by atoms with Crippen LogP contribution in [0.2, 0.25) is 0 Å². The van der Waals surface area contributed by atoms with Gasteiger partial charge < -0.3 is 9.47 Å². The van der Waals surface area contributed by atoms with Crippen molar-refractivity contribution in [2.75, 3.05) is 14.2 Å². The number of benzene rings is 1. The third-order valence-corrected chi connectivity index (χ3v) is 4.13.